The van der Waals surface area contributed by atoms with Gasteiger partial charge >= 0.3 is 0 Å². The molecule has 1 aromatic rings. The van der Waals surface area contributed by atoms with E-state index in [9.17, 15) is 0 Å². The summed E-state index contributed by atoms with van der Waals surface area (Å²) >= 11 is 2.03. The third-order valence-corrected chi connectivity index (χ3v) is 4.80. The van der Waals surface area contributed by atoms with Gasteiger partial charge in [-0.25, -0.2) is 9.98 Å². The van der Waals surface area contributed by atoms with Crippen molar-refractivity contribution in [2.75, 3.05) is 18.1 Å². The van der Waals surface area contributed by atoms with E-state index in [1.165, 1.54) is 24.3 Å². The summed E-state index contributed by atoms with van der Waals surface area (Å²) in [6, 6.07) is 0.534. The number of guanidine groups is 1. The van der Waals surface area contributed by atoms with E-state index in [2.05, 4.69) is 41.0 Å². The summed E-state index contributed by atoms with van der Waals surface area (Å²) in [6.07, 6.45) is 6.44. The maximum absolute atomic E-state index is 4.72. The number of hydrogen-bond donors (Lipinski definition) is 2. The van der Waals surface area contributed by atoms with Crippen molar-refractivity contribution in [3.63, 3.8) is 0 Å². The van der Waals surface area contributed by atoms with Crippen molar-refractivity contribution in [3.05, 3.63) is 18.2 Å². The smallest absolute Gasteiger partial charge is 0.191 e. The van der Waals surface area contributed by atoms with E-state index in [0.717, 1.165) is 24.9 Å². The van der Waals surface area contributed by atoms with Gasteiger partial charge in [-0.05, 0) is 31.4 Å². The van der Waals surface area contributed by atoms with E-state index >= 15 is 0 Å². The Balaban J connectivity index is 1.95. The van der Waals surface area contributed by atoms with Crippen molar-refractivity contribution >= 4 is 17.7 Å². The molecule has 1 aliphatic rings. The van der Waals surface area contributed by atoms with E-state index in [1.54, 1.807) is 0 Å². The van der Waals surface area contributed by atoms with Gasteiger partial charge in [-0.3, -0.25) is 0 Å². The van der Waals surface area contributed by atoms with E-state index < -0.39 is 0 Å². The highest BCUT2D eigenvalue weighted by molar-refractivity contribution is 7.99. The summed E-state index contributed by atoms with van der Waals surface area (Å²) < 4.78 is 2.20. The fourth-order valence-corrected chi connectivity index (χ4v) is 3.64. The van der Waals surface area contributed by atoms with Crippen LogP contribution in [0.4, 0.5) is 0 Å². The lowest BCUT2D eigenvalue weighted by atomic mass is 10.2. The average molecular weight is 324 g/mol. The molecule has 1 fully saturated rings. The molecule has 0 amide bonds. The Kier molecular flexibility index (Phi) is 7.09. The van der Waals surface area contributed by atoms with Crippen molar-refractivity contribution in [1.29, 1.82) is 0 Å². The molecule has 1 aromatic heterocycles. The first-order valence-corrected chi connectivity index (χ1v) is 9.47. The molecule has 1 saturated heterocycles. The molecule has 2 heterocycles. The lowest BCUT2D eigenvalue weighted by Gasteiger charge is -2.24. The number of rotatable bonds is 6. The predicted octanol–water partition coefficient (Wildman–Crippen LogP) is 2.49. The van der Waals surface area contributed by atoms with Gasteiger partial charge in [-0.1, -0.05) is 13.8 Å². The van der Waals surface area contributed by atoms with Crippen LogP contribution in [0.2, 0.25) is 0 Å². The van der Waals surface area contributed by atoms with Gasteiger partial charge in [0.1, 0.15) is 12.4 Å². The highest BCUT2D eigenvalue weighted by atomic mass is 32.2. The zero-order valence-electron chi connectivity index (χ0n) is 14.0. The molecule has 1 aliphatic heterocycles. The Morgan fingerprint density at radius 3 is 3.09 bits per heavy atom. The third kappa shape index (κ3) is 5.55. The topological polar surface area (TPSA) is 54.2 Å². The Morgan fingerprint density at radius 2 is 2.41 bits per heavy atom. The van der Waals surface area contributed by atoms with Crippen LogP contribution in [0.15, 0.2) is 17.4 Å². The summed E-state index contributed by atoms with van der Waals surface area (Å²) in [6.45, 7) is 9.04. The van der Waals surface area contributed by atoms with Crippen LogP contribution in [0, 0.1) is 5.92 Å². The molecule has 0 saturated carbocycles. The lowest BCUT2D eigenvalue weighted by molar-refractivity contribution is 0.507. The number of aromatic nitrogens is 2. The summed E-state index contributed by atoms with van der Waals surface area (Å²) in [5.74, 6) is 5.02. The Morgan fingerprint density at radius 1 is 1.55 bits per heavy atom. The van der Waals surface area contributed by atoms with Crippen molar-refractivity contribution < 1.29 is 0 Å². The Hall–Kier alpha value is -1.17. The van der Waals surface area contributed by atoms with Gasteiger partial charge in [0.25, 0.3) is 0 Å². The second-order valence-corrected chi connectivity index (χ2v) is 7.29. The Bertz CT molecular complexity index is 463. The summed E-state index contributed by atoms with van der Waals surface area (Å²) in [7, 11) is 0. The molecule has 0 spiro atoms. The normalized spacial score (nSPS) is 19.5. The maximum atomic E-state index is 4.72. The van der Waals surface area contributed by atoms with Crippen molar-refractivity contribution in [2.45, 2.75) is 52.7 Å². The number of imidazole rings is 1. The predicted molar refractivity (Wildman–Crippen MR) is 95.4 cm³/mol. The molecule has 2 N–H and O–H groups in total. The highest BCUT2D eigenvalue weighted by Crippen LogP contribution is 2.16. The van der Waals surface area contributed by atoms with Crippen LogP contribution < -0.4 is 10.6 Å². The van der Waals surface area contributed by atoms with Crippen LogP contribution in [0.5, 0.6) is 0 Å². The maximum Gasteiger partial charge on any atom is 0.191 e. The first-order chi connectivity index (χ1) is 10.7. The van der Waals surface area contributed by atoms with Crippen LogP contribution in [0.1, 0.15) is 39.4 Å². The van der Waals surface area contributed by atoms with Gasteiger partial charge in [0.05, 0.1) is 0 Å². The molecule has 0 bridgehead atoms. The van der Waals surface area contributed by atoms with Crippen LogP contribution in [0.25, 0.3) is 0 Å². The molecule has 5 nitrogen and oxygen atoms in total. The fraction of sp³-hybridized carbons (Fsp3) is 0.750. The van der Waals surface area contributed by atoms with Gasteiger partial charge in [0.15, 0.2) is 5.96 Å². The number of aliphatic imine (C=N–C) groups is 1. The molecule has 2 rings (SSSR count). The third-order valence-electron chi connectivity index (χ3n) is 3.59. The number of nitrogens with one attached hydrogen (secondary N) is 2. The minimum atomic E-state index is 0.534. The highest BCUT2D eigenvalue weighted by Gasteiger charge is 2.15. The number of thioether (sulfide) groups is 1. The first-order valence-electron chi connectivity index (χ1n) is 8.31. The van der Waals surface area contributed by atoms with Gasteiger partial charge in [0.2, 0.25) is 0 Å². The molecule has 0 radical (unpaired) electrons. The SMILES string of the molecule is CCNC(=NCc1nccn1CC(C)C)NC1CCCSC1. The largest absolute Gasteiger partial charge is 0.357 e. The fourth-order valence-electron chi connectivity index (χ4n) is 2.57. The van der Waals surface area contributed by atoms with Gasteiger partial charge < -0.3 is 15.2 Å². The summed E-state index contributed by atoms with van der Waals surface area (Å²) in [5, 5.41) is 6.91. The molecular weight excluding hydrogens is 294 g/mol. The van der Waals surface area contributed by atoms with Crippen molar-refractivity contribution in [1.82, 2.24) is 20.2 Å². The molecule has 22 heavy (non-hydrogen) atoms. The van der Waals surface area contributed by atoms with E-state index in [4.69, 9.17) is 4.99 Å². The minimum absolute atomic E-state index is 0.534. The number of nitrogens with zero attached hydrogens (tertiary/aromatic N) is 3. The van der Waals surface area contributed by atoms with E-state index in [0.29, 0.717) is 18.5 Å². The average Bonchev–Trinajstić information content (AvgIpc) is 2.92. The van der Waals surface area contributed by atoms with E-state index in [-0.39, 0.29) is 0 Å². The quantitative estimate of drug-likeness (QED) is 0.624. The summed E-state index contributed by atoms with van der Waals surface area (Å²) in [4.78, 5) is 9.16. The number of hydrogen-bond acceptors (Lipinski definition) is 3. The zero-order chi connectivity index (χ0) is 15.8. The van der Waals surface area contributed by atoms with Crippen LogP contribution in [-0.2, 0) is 13.1 Å². The molecule has 124 valence electrons. The van der Waals surface area contributed by atoms with Gasteiger partial charge in [0, 0.05) is 37.3 Å². The molecule has 0 aromatic carbocycles. The van der Waals surface area contributed by atoms with Crippen molar-refractivity contribution in [3.8, 4) is 0 Å². The zero-order valence-corrected chi connectivity index (χ0v) is 14.8. The minimum Gasteiger partial charge on any atom is -0.357 e. The molecule has 1 unspecified atom stereocenters. The Labute approximate surface area is 138 Å². The van der Waals surface area contributed by atoms with Crippen LogP contribution >= 0.6 is 11.8 Å². The van der Waals surface area contributed by atoms with Gasteiger partial charge in [-0.2, -0.15) is 11.8 Å². The standard InChI is InChI=1S/C16H29N5S/c1-4-17-16(20-14-6-5-9-22-12-14)19-10-15-18-7-8-21(15)11-13(2)3/h7-8,13-14H,4-6,9-12H2,1-3H3,(H2,17,19,20). The molecule has 6 heteroatoms. The monoisotopic (exact) mass is 323 g/mol. The first kappa shape index (κ1) is 17.2. The van der Waals surface area contributed by atoms with Crippen molar-refractivity contribution in [2.24, 2.45) is 10.9 Å². The molecule has 0 aliphatic carbocycles. The molecule has 1 atom stereocenters. The van der Waals surface area contributed by atoms with Crippen LogP contribution in [0.3, 0.4) is 0 Å². The summed E-state index contributed by atoms with van der Waals surface area (Å²) in [5.41, 5.74) is 0. The lowest BCUT2D eigenvalue weighted by Crippen LogP contribution is -2.45. The van der Waals surface area contributed by atoms with Crippen LogP contribution in [-0.4, -0.2) is 39.6 Å². The van der Waals surface area contributed by atoms with E-state index in [1.807, 2.05) is 24.2 Å². The second kappa shape index (κ2) is 9.08. The van der Waals surface area contributed by atoms with Gasteiger partial charge in [-0.15, -0.1) is 0 Å². The molecular formula is C16H29N5S. The second-order valence-electron chi connectivity index (χ2n) is 6.14.